The number of anilines is 3. The smallest absolute Gasteiger partial charge is 0.257 e. The molecule has 144 valence electrons. The maximum Gasteiger partial charge on any atom is 0.257 e. The minimum absolute atomic E-state index is 0.295. The Hall–Kier alpha value is -3.25. The highest BCUT2D eigenvalue weighted by Gasteiger charge is 2.13. The highest BCUT2D eigenvalue weighted by molar-refractivity contribution is 6.31. The summed E-state index contributed by atoms with van der Waals surface area (Å²) in [4.78, 5) is 16.9. The number of halogens is 1. The number of para-hydroxylation sites is 2. The van der Waals surface area contributed by atoms with E-state index in [1.165, 1.54) is 13.3 Å². The van der Waals surface area contributed by atoms with E-state index in [1.54, 1.807) is 31.4 Å². The topological polar surface area (TPSA) is 72.5 Å². The quantitative estimate of drug-likeness (QED) is 0.608. The predicted octanol–water partition coefficient (Wildman–Crippen LogP) is 5.06. The molecule has 28 heavy (non-hydrogen) atoms. The summed E-state index contributed by atoms with van der Waals surface area (Å²) in [6.07, 6.45) is 1.50. The summed E-state index contributed by atoms with van der Waals surface area (Å²) in [6, 6.07) is 14.4. The van der Waals surface area contributed by atoms with Gasteiger partial charge in [-0.2, -0.15) is 0 Å². The molecule has 0 saturated carbocycles. The maximum atomic E-state index is 12.6. The number of hydrogen-bond acceptors (Lipinski definition) is 5. The number of aryl methyl sites for hydroxylation is 1. The number of carbonyl (C=O) groups excluding carboxylic acids is 1. The van der Waals surface area contributed by atoms with Crippen molar-refractivity contribution >= 4 is 34.7 Å². The van der Waals surface area contributed by atoms with Crippen LogP contribution in [0.25, 0.3) is 0 Å². The van der Waals surface area contributed by atoms with Gasteiger partial charge in [0.15, 0.2) is 0 Å². The Bertz CT molecular complexity index is 991. The number of methoxy groups -OCH3 is 2. The third kappa shape index (κ3) is 4.35. The molecule has 0 unspecified atom stereocenters. The van der Waals surface area contributed by atoms with Gasteiger partial charge >= 0.3 is 0 Å². The highest BCUT2D eigenvalue weighted by atomic mass is 35.5. The van der Waals surface area contributed by atoms with Crippen LogP contribution in [0.5, 0.6) is 11.5 Å². The van der Waals surface area contributed by atoms with Crippen LogP contribution in [0.15, 0.2) is 54.7 Å². The van der Waals surface area contributed by atoms with Crippen molar-refractivity contribution in [3.05, 3.63) is 70.9 Å². The van der Waals surface area contributed by atoms with Crippen LogP contribution in [-0.2, 0) is 0 Å². The first-order chi connectivity index (χ1) is 13.5. The lowest BCUT2D eigenvalue weighted by molar-refractivity contribution is 0.102. The molecule has 2 N–H and O–H groups in total. The van der Waals surface area contributed by atoms with Crippen molar-refractivity contribution in [2.45, 2.75) is 6.92 Å². The molecule has 0 saturated heterocycles. The molecule has 1 amide bonds. The number of carbonyl (C=O) groups is 1. The molecule has 0 aliphatic heterocycles. The Labute approximate surface area is 168 Å². The van der Waals surface area contributed by atoms with Crippen molar-refractivity contribution in [2.24, 2.45) is 0 Å². The van der Waals surface area contributed by atoms with E-state index in [2.05, 4.69) is 15.6 Å². The zero-order valence-electron chi connectivity index (χ0n) is 15.7. The third-order valence-electron chi connectivity index (χ3n) is 4.12. The van der Waals surface area contributed by atoms with E-state index >= 15 is 0 Å². The van der Waals surface area contributed by atoms with Crippen molar-refractivity contribution in [3.8, 4) is 11.5 Å². The molecule has 1 heterocycles. The second-order valence-corrected chi connectivity index (χ2v) is 6.42. The van der Waals surface area contributed by atoms with E-state index in [1.807, 2.05) is 31.2 Å². The third-order valence-corrected chi connectivity index (χ3v) is 4.53. The van der Waals surface area contributed by atoms with Crippen molar-refractivity contribution in [2.75, 3.05) is 24.9 Å². The summed E-state index contributed by atoms with van der Waals surface area (Å²) < 4.78 is 10.6. The molecule has 2 aromatic carbocycles. The van der Waals surface area contributed by atoms with Crippen LogP contribution in [0, 0.1) is 6.92 Å². The molecule has 0 radical (unpaired) electrons. The predicted molar refractivity (Wildman–Crippen MR) is 111 cm³/mol. The Kier molecular flexibility index (Phi) is 6.01. The summed E-state index contributed by atoms with van der Waals surface area (Å²) in [6.45, 7) is 1.86. The Morgan fingerprint density at radius 3 is 2.43 bits per heavy atom. The van der Waals surface area contributed by atoms with Crippen LogP contribution in [0.2, 0.25) is 5.02 Å². The minimum atomic E-state index is -0.295. The van der Waals surface area contributed by atoms with E-state index in [0.29, 0.717) is 33.6 Å². The van der Waals surface area contributed by atoms with Crippen molar-refractivity contribution in [3.63, 3.8) is 0 Å². The maximum absolute atomic E-state index is 12.6. The monoisotopic (exact) mass is 397 g/mol. The van der Waals surface area contributed by atoms with E-state index in [4.69, 9.17) is 21.1 Å². The van der Waals surface area contributed by atoms with E-state index in [9.17, 15) is 4.79 Å². The minimum Gasteiger partial charge on any atom is -0.495 e. The zero-order valence-corrected chi connectivity index (χ0v) is 16.5. The number of hydrogen-bond donors (Lipinski definition) is 2. The lowest BCUT2D eigenvalue weighted by Crippen LogP contribution is -2.13. The first-order valence-electron chi connectivity index (χ1n) is 8.53. The summed E-state index contributed by atoms with van der Waals surface area (Å²) in [5, 5.41) is 6.57. The molecule has 0 aliphatic rings. The molecule has 3 aromatic rings. The van der Waals surface area contributed by atoms with Crippen LogP contribution in [0.1, 0.15) is 15.9 Å². The van der Waals surface area contributed by atoms with Crippen LogP contribution < -0.4 is 20.1 Å². The zero-order chi connectivity index (χ0) is 20.1. The fourth-order valence-corrected chi connectivity index (χ4v) is 2.77. The van der Waals surface area contributed by atoms with Crippen LogP contribution >= 0.6 is 11.6 Å². The second kappa shape index (κ2) is 8.63. The van der Waals surface area contributed by atoms with Gasteiger partial charge in [-0.1, -0.05) is 23.7 Å². The number of nitrogens with one attached hydrogen (secondary N) is 2. The summed E-state index contributed by atoms with van der Waals surface area (Å²) in [5.41, 5.74) is 2.59. The van der Waals surface area contributed by atoms with Crippen molar-refractivity contribution in [1.29, 1.82) is 0 Å². The molecule has 3 rings (SSSR count). The lowest BCUT2D eigenvalue weighted by Gasteiger charge is -2.13. The molecule has 0 bridgehead atoms. The van der Waals surface area contributed by atoms with E-state index in [-0.39, 0.29) is 5.91 Å². The molecule has 0 aliphatic carbocycles. The standard InChI is InChI=1S/C21H20ClN3O3/c1-13-10-17(19(28-3)11-15(13)22)25-21(26)14-8-9-20(23-12-14)24-16-6-4-5-7-18(16)27-2/h4-12H,1-3H3,(H,23,24)(H,25,26). The average Bonchev–Trinajstić information content (AvgIpc) is 2.71. The molecule has 6 nitrogen and oxygen atoms in total. The van der Waals surface area contributed by atoms with Gasteiger partial charge in [-0.25, -0.2) is 4.98 Å². The van der Waals surface area contributed by atoms with Gasteiger partial charge in [-0.3, -0.25) is 4.79 Å². The highest BCUT2D eigenvalue weighted by Crippen LogP contribution is 2.31. The number of pyridine rings is 1. The van der Waals surface area contributed by atoms with Crippen LogP contribution in [0.3, 0.4) is 0 Å². The number of benzene rings is 2. The summed E-state index contributed by atoms with van der Waals surface area (Å²) in [7, 11) is 3.13. The fraction of sp³-hybridized carbons (Fsp3) is 0.143. The van der Waals surface area contributed by atoms with Crippen LogP contribution in [0.4, 0.5) is 17.2 Å². The van der Waals surface area contributed by atoms with Crippen molar-refractivity contribution < 1.29 is 14.3 Å². The van der Waals surface area contributed by atoms with E-state index in [0.717, 1.165) is 11.3 Å². The first-order valence-corrected chi connectivity index (χ1v) is 8.91. The molecule has 0 spiro atoms. The number of nitrogens with zero attached hydrogens (tertiary/aromatic N) is 1. The van der Waals surface area contributed by atoms with Crippen LogP contribution in [-0.4, -0.2) is 25.1 Å². The van der Waals surface area contributed by atoms with Gasteiger partial charge in [0.25, 0.3) is 5.91 Å². The Morgan fingerprint density at radius 2 is 1.75 bits per heavy atom. The molecule has 7 heteroatoms. The van der Waals surface area contributed by atoms with Gasteiger partial charge in [0.2, 0.25) is 0 Å². The van der Waals surface area contributed by atoms with Gasteiger partial charge in [-0.15, -0.1) is 0 Å². The summed E-state index contributed by atoms with van der Waals surface area (Å²) in [5.74, 6) is 1.50. The number of ether oxygens (including phenoxy) is 2. The van der Waals surface area contributed by atoms with Gasteiger partial charge in [0.05, 0.1) is 31.2 Å². The largest absolute Gasteiger partial charge is 0.495 e. The summed E-state index contributed by atoms with van der Waals surface area (Å²) >= 11 is 6.11. The number of amides is 1. The Morgan fingerprint density at radius 1 is 1.00 bits per heavy atom. The molecular formula is C21H20ClN3O3. The normalized spacial score (nSPS) is 10.3. The van der Waals surface area contributed by atoms with E-state index < -0.39 is 0 Å². The van der Waals surface area contributed by atoms with Gasteiger partial charge in [-0.05, 0) is 42.8 Å². The van der Waals surface area contributed by atoms with Gasteiger partial charge < -0.3 is 20.1 Å². The van der Waals surface area contributed by atoms with Crippen molar-refractivity contribution in [1.82, 2.24) is 4.98 Å². The molecule has 1 aromatic heterocycles. The molecule has 0 fully saturated rings. The average molecular weight is 398 g/mol. The number of aromatic nitrogens is 1. The lowest BCUT2D eigenvalue weighted by atomic mass is 10.2. The second-order valence-electron chi connectivity index (χ2n) is 6.01. The number of rotatable bonds is 6. The van der Waals surface area contributed by atoms with Gasteiger partial charge in [0, 0.05) is 17.3 Å². The molecular weight excluding hydrogens is 378 g/mol. The molecule has 0 atom stereocenters. The SMILES string of the molecule is COc1cc(Cl)c(C)cc1NC(=O)c1ccc(Nc2ccccc2OC)nc1. The fourth-order valence-electron chi connectivity index (χ4n) is 2.61. The first kappa shape index (κ1) is 19.5. The van der Waals surface area contributed by atoms with Gasteiger partial charge in [0.1, 0.15) is 17.3 Å². The Balaban J connectivity index is 1.75.